The van der Waals surface area contributed by atoms with Crippen molar-refractivity contribution in [3.63, 3.8) is 0 Å². The Kier molecular flexibility index (Phi) is 10.4. The van der Waals surface area contributed by atoms with Crippen LogP contribution in [0.4, 0.5) is 0 Å². The van der Waals surface area contributed by atoms with Gasteiger partial charge in [-0.3, -0.25) is 4.99 Å². The number of nitrogens with one attached hydrogen (secondary N) is 3. The molecule has 3 N–H and O–H groups in total. The van der Waals surface area contributed by atoms with E-state index in [4.69, 9.17) is 4.74 Å². The molecule has 0 aromatic carbocycles. The second kappa shape index (κ2) is 10.9. The van der Waals surface area contributed by atoms with Crippen LogP contribution in [-0.2, 0) is 14.8 Å². The van der Waals surface area contributed by atoms with Crippen LogP contribution >= 0.6 is 0 Å². The van der Waals surface area contributed by atoms with Crippen molar-refractivity contribution in [2.24, 2.45) is 4.99 Å². The molecule has 0 heterocycles. The molecule has 0 aliphatic rings. The first-order valence-corrected chi connectivity index (χ1v) is 8.61. The molecule has 0 aromatic heterocycles. The van der Waals surface area contributed by atoms with Gasteiger partial charge >= 0.3 is 0 Å². The van der Waals surface area contributed by atoms with E-state index in [1.165, 1.54) is 0 Å². The Balaban J connectivity index is 4.08. The summed E-state index contributed by atoms with van der Waals surface area (Å²) in [6.45, 7) is 7.95. The Bertz CT molecular complexity index is 371. The van der Waals surface area contributed by atoms with Crippen LogP contribution in [0.15, 0.2) is 4.99 Å². The van der Waals surface area contributed by atoms with Gasteiger partial charge in [0.1, 0.15) is 0 Å². The van der Waals surface area contributed by atoms with Gasteiger partial charge in [-0.1, -0.05) is 0 Å². The maximum absolute atomic E-state index is 11.2. The van der Waals surface area contributed by atoms with Crippen LogP contribution in [0.1, 0.15) is 27.2 Å². The summed E-state index contributed by atoms with van der Waals surface area (Å²) in [5, 5.41) is 6.35. The maximum atomic E-state index is 11.2. The number of nitrogens with zero attached hydrogens (tertiary/aromatic N) is 1. The topological polar surface area (TPSA) is 91.8 Å². The van der Waals surface area contributed by atoms with Gasteiger partial charge in [0.2, 0.25) is 10.0 Å². The minimum atomic E-state index is -3.10. The molecule has 120 valence electrons. The van der Waals surface area contributed by atoms with Crippen molar-refractivity contribution in [3.05, 3.63) is 0 Å². The Morgan fingerprint density at radius 3 is 2.60 bits per heavy atom. The van der Waals surface area contributed by atoms with Gasteiger partial charge in [-0.2, -0.15) is 0 Å². The molecule has 0 saturated heterocycles. The zero-order chi connectivity index (χ0) is 15.4. The molecule has 0 fully saturated rings. The Morgan fingerprint density at radius 1 is 1.35 bits per heavy atom. The van der Waals surface area contributed by atoms with E-state index in [-0.39, 0.29) is 11.8 Å². The lowest BCUT2D eigenvalue weighted by Gasteiger charge is -2.16. The highest BCUT2D eigenvalue weighted by atomic mass is 32.2. The lowest BCUT2D eigenvalue weighted by molar-refractivity contribution is 0.179. The highest BCUT2D eigenvalue weighted by molar-refractivity contribution is 7.89. The fourth-order valence-electron chi connectivity index (χ4n) is 1.44. The molecule has 0 aliphatic heterocycles. The zero-order valence-corrected chi connectivity index (χ0v) is 13.7. The lowest BCUT2D eigenvalue weighted by atomic mass is 10.4. The first-order valence-electron chi connectivity index (χ1n) is 6.96. The Morgan fingerprint density at radius 2 is 2.05 bits per heavy atom. The molecule has 8 heteroatoms. The van der Waals surface area contributed by atoms with Gasteiger partial charge in [-0.25, -0.2) is 13.1 Å². The molecule has 0 radical (unpaired) electrons. The van der Waals surface area contributed by atoms with Crippen LogP contribution < -0.4 is 15.4 Å². The van der Waals surface area contributed by atoms with Gasteiger partial charge in [0, 0.05) is 32.8 Å². The van der Waals surface area contributed by atoms with Crippen LogP contribution in [-0.4, -0.2) is 59.5 Å². The molecule has 0 rings (SSSR count). The average Bonchev–Trinajstić information content (AvgIpc) is 2.38. The fourth-order valence-corrected chi connectivity index (χ4v) is 2.10. The molecule has 0 aromatic rings. The van der Waals surface area contributed by atoms with Gasteiger partial charge in [-0.15, -0.1) is 0 Å². The standard InChI is InChI=1S/C12H28N4O3S/c1-5-13-12(16-11(3)10-19-4)14-8-7-9-15-20(17,18)6-2/h11,15H,5-10H2,1-4H3,(H2,13,14,16). The van der Waals surface area contributed by atoms with Crippen molar-refractivity contribution in [1.29, 1.82) is 0 Å². The summed E-state index contributed by atoms with van der Waals surface area (Å²) in [6, 6.07) is 0.163. The Hall–Kier alpha value is -0.860. The fraction of sp³-hybridized carbons (Fsp3) is 0.917. The molecule has 0 saturated carbocycles. The van der Waals surface area contributed by atoms with Crippen molar-refractivity contribution in [2.45, 2.75) is 33.2 Å². The number of methoxy groups -OCH3 is 1. The summed E-state index contributed by atoms with van der Waals surface area (Å²) in [4.78, 5) is 4.39. The average molecular weight is 308 g/mol. The van der Waals surface area contributed by atoms with Crippen LogP contribution in [0.3, 0.4) is 0 Å². The first kappa shape index (κ1) is 19.1. The summed E-state index contributed by atoms with van der Waals surface area (Å²) in [6.07, 6.45) is 0.661. The van der Waals surface area contributed by atoms with Crippen molar-refractivity contribution in [3.8, 4) is 0 Å². The van der Waals surface area contributed by atoms with E-state index in [9.17, 15) is 8.42 Å². The third-order valence-electron chi connectivity index (χ3n) is 2.45. The summed E-state index contributed by atoms with van der Waals surface area (Å²) >= 11 is 0. The van der Waals surface area contributed by atoms with Gasteiger partial charge < -0.3 is 15.4 Å². The second-order valence-electron chi connectivity index (χ2n) is 4.41. The molecule has 1 unspecified atom stereocenters. The van der Waals surface area contributed by atoms with E-state index in [1.807, 2.05) is 13.8 Å². The number of guanidine groups is 1. The summed E-state index contributed by atoms with van der Waals surface area (Å²) in [5.41, 5.74) is 0. The summed E-state index contributed by atoms with van der Waals surface area (Å²) in [7, 11) is -1.45. The van der Waals surface area contributed by atoms with Gasteiger partial charge in [0.25, 0.3) is 0 Å². The molecular formula is C12H28N4O3S. The molecule has 0 bridgehead atoms. The predicted molar refractivity (Wildman–Crippen MR) is 82.5 cm³/mol. The molecule has 0 aliphatic carbocycles. The van der Waals surface area contributed by atoms with Crippen molar-refractivity contribution in [1.82, 2.24) is 15.4 Å². The number of rotatable bonds is 10. The summed E-state index contributed by atoms with van der Waals surface area (Å²) in [5.74, 6) is 0.824. The van der Waals surface area contributed by atoms with E-state index in [0.717, 1.165) is 12.5 Å². The second-order valence-corrected chi connectivity index (χ2v) is 6.51. The number of hydrogen-bond acceptors (Lipinski definition) is 4. The van der Waals surface area contributed by atoms with E-state index in [1.54, 1.807) is 14.0 Å². The van der Waals surface area contributed by atoms with Crippen LogP contribution in [0.5, 0.6) is 0 Å². The van der Waals surface area contributed by atoms with Crippen molar-refractivity contribution in [2.75, 3.05) is 39.1 Å². The van der Waals surface area contributed by atoms with Crippen molar-refractivity contribution < 1.29 is 13.2 Å². The highest BCUT2D eigenvalue weighted by Crippen LogP contribution is 1.87. The molecular weight excluding hydrogens is 280 g/mol. The van der Waals surface area contributed by atoms with Crippen LogP contribution in [0, 0.1) is 0 Å². The molecule has 0 amide bonds. The maximum Gasteiger partial charge on any atom is 0.211 e. The molecule has 7 nitrogen and oxygen atoms in total. The van der Waals surface area contributed by atoms with Gasteiger partial charge in [0.05, 0.1) is 12.4 Å². The third kappa shape index (κ3) is 9.99. The quantitative estimate of drug-likeness (QED) is 0.298. The van der Waals surface area contributed by atoms with Gasteiger partial charge in [0.15, 0.2) is 5.96 Å². The number of ether oxygens (including phenoxy) is 1. The van der Waals surface area contributed by atoms with Gasteiger partial charge in [-0.05, 0) is 27.2 Å². The SMILES string of the molecule is CCNC(=NCCCNS(=O)(=O)CC)NC(C)COC. The summed E-state index contributed by atoms with van der Waals surface area (Å²) < 4.78 is 30.0. The number of sulfonamides is 1. The predicted octanol–water partition coefficient (Wildman–Crippen LogP) is -0.0942. The minimum absolute atomic E-state index is 0.106. The number of hydrogen-bond donors (Lipinski definition) is 3. The van der Waals surface area contributed by atoms with Crippen molar-refractivity contribution >= 4 is 16.0 Å². The third-order valence-corrected chi connectivity index (χ3v) is 3.85. The molecule has 20 heavy (non-hydrogen) atoms. The van der Waals surface area contributed by atoms with E-state index in [0.29, 0.717) is 26.1 Å². The minimum Gasteiger partial charge on any atom is -0.383 e. The first-order chi connectivity index (χ1) is 9.45. The van der Waals surface area contributed by atoms with E-state index in [2.05, 4.69) is 20.3 Å². The largest absolute Gasteiger partial charge is 0.383 e. The Labute approximate surface area is 122 Å². The molecule has 1 atom stereocenters. The highest BCUT2D eigenvalue weighted by Gasteiger charge is 2.05. The van der Waals surface area contributed by atoms with E-state index >= 15 is 0 Å². The monoisotopic (exact) mass is 308 g/mol. The zero-order valence-electron chi connectivity index (χ0n) is 12.9. The number of aliphatic imine (C=N–C) groups is 1. The smallest absolute Gasteiger partial charge is 0.211 e. The normalized spacial score (nSPS) is 14.1. The lowest BCUT2D eigenvalue weighted by Crippen LogP contribution is -2.44. The van der Waals surface area contributed by atoms with Crippen LogP contribution in [0.25, 0.3) is 0 Å². The van der Waals surface area contributed by atoms with E-state index < -0.39 is 10.0 Å². The molecule has 0 spiro atoms. The van der Waals surface area contributed by atoms with Crippen LogP contribution in [0.2, 0.25) is 0 Å².